The van der Waals surface area contributed by atoms with E-state index < -0.39 is 17.2 Å². The van der Waals surface area contributed by atoms with Gasteiger partial charge in [0.25, 0.3) is 0 Å². The summed E-state index contributed by atoms with van der Waals surface area (Å²) in [6, 6.07) is 0. The highest BCUT2D eigenvalue weighted by Gasteiger charge is 2.81. The number of carbonyl (C=O) groups excluding carboxylic acids is 1. The van der Waals surface area contributed by atoms with Crippen LogP contribution >= 0.6 is 0 Å². The molecule has 0 spiro atoms. The van der Waals surface area contributed by atoms with Gasteiger partial charge in [0.15, 0.2) is 0 Å². The summed E-state index contributed by atoms with van der Waals surface area (Å²) in [5, 5.41) is 0. The number of ether oxygens (including phenoxy) is 1. The third kappa shape index (κ3) is 1.11. The molecule has 2 fully saturated rings. The minimum atomic E-state index is -1.31. The molecule has 0 saturated heterocycles. The van der Waals surface area contributed by atoms with E-state index in [-0.39, 0.29) is 17.3 Å². The zero-order chi connectivity index (χ0) is 11.6. The van der Waals surface area contributed by atoms with E-state index in [9.17, 15) is 9.18 Å². The Morgan fingerprint density at radius 2 is 1.93 bits per heavy atom. The maximum absolute atomic E-state index is 14.1. The molecule has 0 aromatic heterocycles. The average Bonchev–Trinajstić information content (AvgIpc) is 2.58. The predicted molar refractivity (Wildman–Crippen MR) is 53.8 cm³/mol. The molecule has 3 nitrogen and oxygen atoms in total. The van der Waals surface area contributed by atoms with Crippen LogP contribution in [0.3, 0.4) is 0 Å². The van der Waals surface area contributed by atoms with Gasteiger partial charge in [-0.15, -0.1) is 0 Å². The molecule has 4 heteroatoms. The fraction of sp³-hybridized carbons (Fsp3) is 0.909. The molecular formula is C11H18FNO2. The van der Waals surface area contributed by atoms with Crippen LogP contribution in [0, 0.1) is 17.3 Å². The summed E-state index contributed by atoms with van der Waals surface area (Å²) in [5.74, 6) is -0.981. The molecule has 4 atom stereocenters. The van der Waals surface area contributed by atoms with Gasteiger partial charge in [0.05, 0.1) is 7.11 Å². The summed E-state index contributed by atoms with van der Waals surface area (Å²) < 4.78 is 18.8. The lowest BCUT2D eigenvalue weighted by atomic mass is 9.79. The van der Waals surface area contributed by atoms with E-state index in [4.69, 9.17) is 10.5 Å². The van der Waals surface area contributed by atoms with E-state index >= 15 is 0 Å². The molecule has 15 heavy (non-hydrogen) atoms. The van der Waals surface area contributed by atoms with Gasteiger partial charge < -0.3 is 10.5 Å². The first-order chi connectivity index (χ1) is 6.68. The smallest absolute Gasteiger partial charge is 0.326 e. The number of fused-ring (bicyclic) bond motifs is 1. The summed E-state index contributed by atoms with van der Waals surface area (Å²) in [6.07, 6.45) is 0.502. The molecule has 0 heterocycles. The van der Waals surface area contributed by atoms with Gasteiger partial charge in [-0.05, 0) is 18.8 Å². The molecule has 86 valence electrons. The molecule has 2 aliphatic rings. The molecule has 0 aromatic rings. The lowest BCUT2D eigenvalue weighted by Gasteiger charge is -2.31. The average molecular weight is 215 g/mol. The van der Waals surface area contributed by atoms with E-state index in [2.05, 4.69) is 0 Å². The van der Waals surface area contributed by atoms with Crippen molar-refractivity contribution in [2.24, 2.45) is 23.0 Å². The molecule has 0 aliphatic heterocycles. The number of halogens is 1. The molecule has 3 unspecified atom stereocenters. The fourth-order valence-electron chi connectivity index (χ4n) is 3.86. The lowest BCUT2D eigenvalue weighted by Crippen LogP contribution is -2.52. The number of nitrogens with two attached hydrogens (primary N) is 1. The van der Waals surface area contributed by atoms with Crippen molar-refractivity contribution < 1.29 is 13.9 Å². The molecule has 2 saturated carbocycles. The normalized spacial score (nSPS) is 51.1. The highest BCUT2D eigenvalue weighted by molar-refractivity contribution is 5.83. The Hall–Kier alpha value is -0.640. The summed E-state index contributed by atoms with van der Waals surface area (Å²) >= 11 is 0. The van der Waals surface area contributed by atoms with Gasteiger partial charge in [-0.2, -0.15) is 0 Å². The lowest BCUT2D eigenvalue weighted by molar-refractivity contribution is -0.149. The van der Waals surface area contributed by atoms with Crippen LogP contribution in [0.4, 0.5) is 4.39 Å². The second kappa shape index (κ2) is 2.54. The Morgan fingerprint density at radius 1 is 1.40 bits per heavy atom. The van der Waals surface area contributed by atoms with Crippen LogP contribution in [-0.4, -0.2) is 24.3 Å². The van der Waals surface area contributed by atoms with Gasteiger partial charge in [0.2, 0.25) is 0 Å². The molecular weight excluding hydrogens is 197 g/mol. The number of alkyl halides is 1. The first kappa shape index (κ1) is 10.9. The highest BCUT2D eigenvalue weighted by Crippen LogP contribution is 2.73. The molecule has 0 bridgehead atoms. The van der Waals surface area contributed by atoms with Crippen molar-refractivity contribution in [3.63, 3.8) is 0 Å². The third-order valence-electron chi connectivity index (χ3n) is 4.15. The Kier molecular flexibility index (Phi) is 1.84. The van der Waals surface area contributed by atoms with Gasteiger partial charge in [-0.1, -0.05) is 13.8 Å². The van der Waals surface area contributed by atoms with E-state index in [0.29, 0.717) is 6.42 Å². The summed E-state index contributed by atoms with van der Waals surface area (Å²) in [6.45, 7) is 5.47. The largest absolute Gasteiger partial charge is 0.468 e. The number of hydrogen-bond acceptors (Lipinski definition) is 3. The minimum absolute atomic E-state index is 0.117. The van der Waals surface area contributed by atoms with Crippen LogP contribution in [0.1, 0.15) is 27.2 Å². The van der Waals surface area contributed by atoms with E-state index in [1.165, 1.54) is 14.0 Å². The van der Waals surface area contributed by atoms with Crippen molar-refractivity contribution in [2.45, 2.75) is 38.4 Å². The van der Waals surface area contributed by atoms with Crippen molar-refractivity contribution >= 4 is 5.97 Å². The summed E-state index contributed by atoms with van der Waals surface area (Å²) in [7, 11) is 1.30. The second-order valence-corrected chi connectivity index (χ2v) is 5.80. The number of esters is 1. The predicted octanol–water partition coefficient (Wildman–Crippen LogP) is 1.26. The standard InChI is InChI=1S/C11H18FNO2/c1-9(2)5-11(13,8(14)15-4)7-6(9)10(7,3)12/h6-7H,5,13H2,1-4H3/t6?,7?,10-,11?/m1/s1. The topological polar surface area (TPSA) is 52.3 Å². The van der Waals surface area contributed by atoms with Crippen molar-refractivity contribution in [3.05, 3.63) is 0 Å². The maximum Gasteiger partial charge on any atom is 0.326 e. The van der Waals surface area contributed by atoms with Gasteiger partial charge in [0.1, 0.15) is 11.2 Å². The van der Waals surface area contributed by atoms with Crippen LogP contribution in [-0.2, 0) is 9.53 Å². The van der Waals surface area contributed by atoms with Crippen LogP contribution in [0.2, 0.25) is 0 Å². The molecule has 2 aliphatic carbocycles. The molecule has 0 aromatic carbocycles. The van der Waals surface area contributed by atoms with Gasteiger partial charge in [0, 0.05) is 11.8 Å². The fourth-order valence-corrected chi connectivity index (χ4v) is 3.86. The number of methoxy groups -OCH3 is 1. The monoisotopic (exact) mass is 215 g/mol. The summed E-state index contributed by atoms with van der Waals surface area (Å²) in [4.78, 5) is 11.6. The zero-order valence-electron chi connectivity index (χ0n) is 9.63. The van der Waals surface area contributed by atoms with Crippen molar-refractivity contribution in [1.82, 2.24) is 0 Å². The van der Waals surface area contributed by atoms with Crippen molar-refractivity contribution in [1.29, 1.82) is 0 Å². The maximum atomic E-state index is 14.1. The third-order valence-corrected chi connectivity index (χ3v) is 4.15. The first-order valence-electron chi connectivity index (χ1n) is 5.24. The van der Waals surface area contributed by atoms with Gasteiger partial charge in [-0.3, -0.25) is 4.79 Å². The highest BCUT2D eigenvalue weighted by atomic mass is 19.1. The second-order valence-electron chi connectivity index (χ2n) is 5.80. The van der Waals surface area contributed by atoms with Crippen LogP contribution in [0.25, 0.3) is 0 Å². The van der Waals surface area contributed by atoms with Crippen LogP contribution in [0.5, 0.6) is 0 Å². The zero-order valence-corrected chi connectivity index (χ0v) is 9.63. The molecule has 0 radical (unpaired) electrons. The van der Waals surface area contributed by atoms with Gasteiger partial charge >= 0.3 is 5.97 Å². The summed E-state index contributed by atoms with van der Waals surface area (Å²) in [5.41, 5.74) is 3.36. The molecule has 0 amide bonds. The molecule has 2 rings (SSSR count). The number of hydrogen-bond donors (Lipinski definition) is 1. The first-order valence-corrected chi connectivity index (χ1v) is 5.24. The van der Waals surface area contributed by atoms with Crippen LogP contribution < -0.4 is 5.73 Å². The Bertz CT molecular complexity index is 327. The minimum Gasteiger partial charge on any atom is -0.468 e. The Balaban J connectivity index is 2.36. The van der Waals surface area contributed by atoms with E-state index in [1.54, 1.807) is 0 Å². The Morgan fingerprint density at radius 3 is 2.27 bits per heavy atom. The quantitative estimate of drug-likeness (QED) is 0.670. The number of rotatable bonds is 1. The SMILES string of the molecule is COC(=O)C1(N)CC(C)(C)C2C1[C@]2(C)F. The van der Waals surface area contributed by atoms with Crippen LogP contribution in [0.15, 0.2) is 0 Å². The van der Waals surface area contributed by atoms with Crippen molar-refractivity contribution in [3.8, 4) is 0 Å². The van der Waals surface area contributed by atoms with Gasteiger partial charge in [-0.25, -0.2) is 4.39 Å². The Labute approximate surface area is 89.2 Å². The van der Waals surface area contributed by atoms with E-state index in [0.717, 1.165) is 0 Å². The molecule has 2 N–H and O–H groups in total. The van der Waals surface area contributed by atoms with E-state index in [1.807, 2.05) is 13.8 Å². The number of carbonyl (C=O) groups is 1. The van der Waals surface area contributed by atoms with Crippen molar-refractivity contribution in [2.75, 3.05) is 7.11 Å².